The third-order valence-corrected chi connectivity index (χ3v) is 4.27. The van der Waals surface area contributed by atoms with E-state index < -0.39 is 0 Å². The number of hydrogen-bond acceptors (Lipinski definition) is 2. The standard InChI is InChI=1S/C17H20FNS/c1-3-19-11-14-5-8-17(9-6-14)20-12-15-10-16(18)7-4-13(15)2/h4-10,19H,3,11-12H2,1-2H3. The zero-order chi connectivity index (χ0) is 14.4. The lowest BCUT2D eigenvalue weighted by molar-refractivity contribution is 0.626. The Bertz CT molecular complexity index is 551. The molecule has 0 saturated carbocycles. The van der Waals surface area contributed by atoms with Crippen LogP contribution in [0.15, 0.2) is 47.4 Å². The van der Waals surface area contributed by atoms with Gasteiger partial charge in [-0.3, -0.25) is 0 Å². The molecule has 1 nitrogen and oxygen atoms in total. The lowest BCUT2D eigenvalue weighted by Gasteiger charge is -2.07. The van der Waals surface area contributed by atoms with Gasteiger partial charge in [0.05, 0.1) is 0 Å². The predicted octanol–water partition coefficient (Wildman–Crippen LogP) is 4.54. The minimum absolute atomic E-state index is 0.160. The number of aryl methyl sites for hydroxylation is 1. The van der Waals surface area contributed by atoms with Crippen molar-refractivity contribution in [3.63, 3.8) is 0 Å². The lowest BCUT2D eigenvalue weighted by atomic mass is 10.1. The summed E-state index contributed by atoms with van der Waals surface area (Å²) in [6.45, 7) is 6.01. The molecule has 3 heteroatoms. The van der Waals surface area contributed by atoms with Gasteiger partial charge in [0, 0.05) is 17.2 Å². The molecule has 0 fully saturated rings. The molecular formula is C17H20FNS. The average Bonchev–Trinajstić information content (AvgIpc) is 2.47. The summed E-state index contributed by atoms with van der Waals surface area (Å²) in [6, 6.07) is 13.5. The molecule has 1 N–H and O–H groups in total. The van der Waals surface area contributed by atoms with Crippen molar-refractivity contribution < 1.29 is 4.39 Å². The Hall–Kier alpha value is -1.32. The van der Waals surface area contributed by atoms with Gasteiger partial charge in [-0.15, -0.1) is 11.8 Å². The molecule has 106 valence electrons. The highest BCUT2D eigenvalue weighted by Crippen LogP contribution is 2.25. The summed E-state index contributed by atoms with van der Waals surface area (Å²) in [4.78, 5) is 1.22. The molecule has 0 aliphatic rings. The third-order valence-electron chi connectivity index (χ3n) is 3.21. The number of nitrogens with one attached hydrogen (secondary N) is 1. The van der Waals surface area contributed by atoms with Crippen LogP contribution >= 0.6 is 11.8 Å². The maximum Gasteiger partial charge on any atom is 0.123 e. The predicted molar refractivity (Wildman–Crippen MR) is 84.5 cm³/mol. The van der Waals surface area contributed by atoms with Crippen LogP contribution in [0.1, 0.15) is 23.6 Å². The number of rotatable bonds is 6. The van der Waals surface area contributed by atoms with Gasteiger partial charge in [0.25, 0.3) is 0 Å². The van der Waals surface area contributed by atoms with Crippen molar-refractivity contribution in [2.24, 2.45) is 0 Å². The molecule has 2 aromatic rings. The highest BCUT2D eigenvalue weighted by Gasteiger charge is 2.02. The van der Waals surface area contributed by atoms with Gasteiger partial charge in [0.1, 0.15) is 5.82 Å². The van der Waals surface area contributed by atoms with Gasteiger partial charge in [0.2, 0.25) is 0 Å². The monoisotopic (exact) mass is 289 g/mol. The van der Waals surface area contributed by atoms with Crippen molar-refractivity contribution in [1.29, 1.82) is 0 Å². The largest absolute Gasteiger partial charge is 0.313 e. The summed E-state index contributed by atoms with van der Waals surface area (Å²) >= 11 is 1.74. The van der Waals surface area contributed by atoms with Gasteiger partial charge in [0.15, 0.2) is 0 Å². The molecule has 0 radical (unpaired) electrons. The second kappa shape index (κ2) is 7.46. The fourth-order valence-electron chi connectivity index (χ4n) is 1.93. The van der Waals surface area contributed by atoms with Crippen LogP contribution in [0.2, 0.25) is 0 Å². The minimum Gasteiger partial charge on any atom is -0.313 e. The summed E-state index contributed by atoms with van der Waals surface area (Å²) in [5.74, 6) is 0.642. The molecule has 0 spiro atoms. The van der Waals surface area contributed by atoms with Gasteiger partial charge < -0.3 is 5.32 Å². The minimum atomic E-state index is -0.160. The molecule has 2 aromatic carbocycles. The van der Waals surface area contributed by atoms with Crippen molar-refractivity contribution in [2.45, 2.75) is 31.0 Å². The summed E-state index contributed by atoms with van der Waals surface area (Å²) in [7, 11) is 0. The van der Waals surface area contributed by atoms with Gasteiger partial charge >= 0.3 is 0 Å². The molecule has 2 rings (SSSR count). The first-order chi connectivity index (χ1) is 9.69. The molecular weight excluding hydrogens is 269 g/mol. The molecule has 0 saturated heterocycles. The van der Waals surface area contributed by atoms with E-state index in [2.05, 4.69) is 36.5 Å². The van der Waals surface area contributed by atoms with Gasteiger partial charge in [-0.2, -0.15) is 0 Å². The molecule has 0 aliphatic carbocycles. The first-order valence-electron chi connectivity index (χ1n) is 6.86. The van der Waals surface area contributed by atoms with Crippen molar-refractivity contribution in [2.75, 3.05) is 6.54 Å². The van der Waals surface area contributed by atoms with E-state index >= 15 is 0 Å². The number of hydrogen-bond donors (Lipinski definition) is 1. The van der Waals surface area contributed by atoms with Gasteiger partial charge in [-0.05, 0) is 54.4 Å². The molecule has 0 unspecified atom stereocenters. The van der Waals surface area contributed by atoms with E-state index in [1.807, 2.05) is 13.0 Å². The van der Waals surface area contributed by atoms with Crippen molar-refractivity contribution in [3.8, 4) is 0 Å². The summed E-state index contributed by atoms with van der Waals surface area (Å²) < 4.78 is 13.2. The van der Waals surface area contributed by atoms with E-state index in [1.54, 1.807) is 17.8 Å². The first-order valence-corrected chi connectivity index (χ1v) is 7.85. The van der Waals surface area contributed by atoms with Crippen molar-refractivity contribution in [3.05, 3.63) is 65.0 Å². The number of thioether (sulfide) groups is 1. The maximum absolute atomic E-state index is 13.2. The normalized spacial score (nSPS) is 10.8. The molecule has 0 aromatic heterocycles. The number of benzene rings is 2. The Morgan fingerprint density at radius 1 is 1.10 bits per heavy atom. The Balaban J connectivity index is 1.95. The van der Waals surface area contributed by atoms with E-state index in [-0.39, 0.29) is 5.82 Å². The van der Waals surface area contributed by atoms with Crippen LogP contribution in [0.5, 0.6) is 0 Å². The van der Waals surface area contributed by atoms with Crippen LogP contribution in [0, 0.1) is 12.7 Å². The molecule has 0 atom stereocenters. The van der Waals surface area contributed by atoms with Crippen LogP contribution in [0.3, 0.4) is 0 Å². The zero-order valence-electron chi connectivity index (χ0n) is 11.9. The van der Waals surface area contributed by atoms with E-state index in [0.29, 0.717) is 0 Å². The van der Waals surface area contributed by atoms with Crippen molar-refractivity contribution in [1.82, 2.24) is 5.32 Å². The molecule has 0 aliphatic heterocycles. The lowest BCUT2D eigenvalue weighted by Crippen LogP contribution is -2.11. The Morgan fingerprint density at radius 2 is 1.85 bits per heavy atom. The Morgan fingerprint density at radius 3 is 2.55 bits per heavy atom. The average molecular weight is 289 g/mol. The summed E-state index contributed by atoms with van der Waals surface area (Å²) in [6.07, 6.45) is 0. The molecule has 0 amide bonds. The second-order valence-electron chi connectivity index (χ2n) is 4.78. The highest BCUT2D eigenvalue weighted by atomic mass is 32.2. The SMILES string of the molecule is CCNCc1ccc(SCc2cc(F)ccc2C)cc1. The van der Waals surface area contributed by atoms with Crippen LogP contribution < -0.4 is 5.32 Å². The highest BCUT2D eigenvalue weighted by molar-refractivity contribution is 7.98. The number of halogens is 1. The zero-order valence-corrected chi connectivity index (χ0v) is 12.8. The fourth-order valence-corrected chi connectivity index (χ4v) is 2.89. The fraction of sp³-hybridized carbons (Fsp3) is 0.294. The van der Waals surface area contributed by atoms with Crippen LogP contribution in [-0.2, 0) is 12.3 Å². The maximum atomic E-state index is 13.2. The smallest absolute Gasteiger partial charge is 0.123 e. The quantitative estimate of drug-likeness (QED) is 0.784. The Labute approximate surface area is 124 Å². The van der Waals surface area contributed by atoms with Crippen LogP contribution in [0.25, 0.3) is 0 Å². The summed E-state index contributed by atoms with van der Waals surface area (Å²) in [5, 5.41) is 3.31. The van der Waals surface area contributed by atoms with E-state index in [4.69, 9.17) is 0 Å². The molecule has 0 bridgehead atoms. The molecule has 0 heterocycles. The Kier molecular flexibility index (Phi) is 5.62. The van der Waals surface area contributed by atoms with Gasteiger partial charge in [-0.25, -0.2) is 4.39 Å². The van der Waals surface area contributed by atoms with Gasteiger partial charge in [-0.1, -0.05) is 25.1 Å². The topological polar surface area (TPSA) is 12.0 Å². The third kappa shape index (κ3) is 4.36. The van der Waals surface area contributed by atoms with Crippen LogP contribution in [-0.4, -0.2) is 6.54 Å². The van der Waals surface area contributed by atoms with Crippen LogP contribution in [0.4, 0.5) is 4.39 Å². The van der Waals surface area contributed by atoms with E-state index in [9.17, 15) is 4.39 Å². The summed E-state index contributed by atoms with van der Waals surface area (Å²) in [5.41, 5.74) is 3.49. The first kappa shape index (κ1) is 15.1. The van der Waals surface area contributed by atoms with E-state index in [0.717, 1.165) is 30.0 Å². The second-order valence-corrected chi connectivity index (χ2v) is 5.83. The molecule has 20 heavy (non-hydrogen) atoms. The van der Waals surface area contributed by atoms with E-state index in [1.165, 1.54) is 16.5 Å². The van der Waals surface area contributed by atoms with Crippen molar-refractivity contribution >= 4 is 11.8 Å².